The summed E-state index contributed by atoms with van der Waals surface area (Å²) in [6.07, 6.45) is 3.81. The van der Waals surface area contributed by atoms with Gasteiger partial charge in [-0.25, -0.2) is 0 Å². The van der Waals surface area contributed by atoms with Crippen molar-refractivity contribution >= 4 is 81.6 Å². The fourth-order valence-electron chi connectivity index (χ4n) is 6.32. The van der Waals surface area contributed by atoms with Crippen LogP contribution in [0.25, 0.3) is 72.6 Å². The Morgan fingerprint density at radius 2 is 1.26 bits per heavy atom. The minimum atomic E-state index is -0.654. The van der Waals surface area contributed by atoms with E-state index in [1.165, 1.54) is 63.8 Å². The van der Waals surface area contributed by atoms with E-state index in [-0.39, 0.29) is 0 Å². The molecule has 0 unspecified atom stereocenters. The van der Waals surface area contributed by atoms with Crippen molar-refractivity contribution in [2.75, 3.05) is 0 Å². The first-order valence-corrected chi connectivity index (χ1v) is 15.5. The number of aromatic nitrogens is 3. The molecule has 0 N–H and O–H groups in total. The number of fused-ring (bicyclic) bond motifs is 10. The molecule has 0 radical (unpaired) electrons. The van der Waals surface area contributed by atoms with Crippen LogP contribution in [-0.4, -0.2) is 34.5 Å². The van der Waals surface area contributed by atoms with Gasteiger partial charge in [0.15, 0.2) is 0 Å². The van der Waals surface area contributed by atoms with Crippen molar-refractivity contribution in [3.8, 4) is 11.4 Å². The summed E-state index contributed by atoms with van der Waals surface area (Å²) in [6.45, 7) is 0. The fraction of sp³-hybridized carbons (Fsp3) is 0. The Kier molecular flexibility index (Phi) is 4.46. The molecule has 0 amide bonds. The molecule has 0 bridgehead atoms. The zero-order chi connectivity index (χ0) is 25.5. The van der Waals surface area contributed by atoms with E-state index < -0.39 is 20.4 Å². The second kappa shape index (κ2) is 8.07. The van der Waals surface area contributed by atoms with Gasteiger partial charge < -0.3 is 0 Å². The van der Waals surface area contributed by atoms with Crippen molar-refractivity contribution in [2.24, 2.45) is 0 Å². The van der Waals surface area contributed by atoms with Gasteiger partial charge in [0.2, 0.25) is 0 Å². The van der Waals surface area contributed by atoms with Crippen LogP contribution in [0.3, 0.4) is 0 Å². The Balaban J connectivity index is 1.44. The Hall–Kier alpha value is -4.36. The summed E-state index contributed by atoms with van der Waals surface area (Å²) in [5, 5.41) is 9.33. The van der Waals surface area contributed by atoms with Crippen LogP contribution in [0.2, 0.25) is 0 Å². The first-order chi connectivity index (χ1) is 19.4. The van der Waals surface area contributed by atoms with E-state index in [0.29, 0.717) is 0 Å². The summed E-state index contributed by atoms with van der Waals surface area (Å²) in [4.78, 5) is 4.31. The van der Waals surface area contributed by atoms with Crippen LogP contribution in [0.5, 0.6) is 0 Å². The maximum absolute atomic E-state index is 4.31. The Morgan fingerprint density at radius 1 is 0.513 bits per heavy atom. The van der Waals surface area contributed by atoms with E-state index in [2.05, 4.69) is 129 Å². The molecule has 0 saturated heterocycles. The second-order valence-electron chi connectivity index (χ2n) is 10.1. The topological polar surface area (TPSA) is 22.8 Å². The number of benzene rings is 5. The second-order valence-corrected chi connectivity index (χ2v) is 12.9. The maximum atomic E-state index is 4.31. The third kappa shape index (κ3) is 2.96. The molecule has 4 heteroatoms. The summed E-state index contributed by atoms with van der Waals surface area (Å²) in [5.74, 6) is 0. The molecule has 0 saturated carbocycles. The first-order valence-electron chi connectivity index (χ1n) is 13.1. The molecule has 5 aromatic carbocycles. The van der Waals surface area contributed by atoms with Crippen LogP contribution in [0.4, 0.5) is 0 Å². The van der Waals surface area contributed by atoms with E-state index in [4.69, 9.17) is 0 Å². The number of nitrogens with zero attached hydrogens (tertiary/aromatic N) is 3. The van der Waals surface area contributed by atoms with Crippen molar-refractivity contribution in [1.29, 1.82) is 0 Å². The summed E-state index contributed by atoms with van der Waals surface area (Å²) in [5.41, 5.74) is 6.29. The Bertz CT molecular complexity index is 2390. The average molecular weight is 611 g/mol. The van der Waals surface area contributed by atoms with Gasteiger partial charge in [-0.15, -0.1) is 0 Å². The molecule has 0 aliphatic heterocycles. The number of pyridine rings is 1. The standard InChI is InChI=1S/C35H21N3Te/c1-2-8-24(9-3-1)38-30-13-7-4-10-26(30)32-28-16-17-31-33(34(28)39-35(32)38)27-11-5-6-12-29(27)37(31)25-15-14-23-21-36-19-18-22(23)20-25/h1-21H. The Morgan fingerprint density at radius 3 is 2.10 bits per heavy atom. The predicted octanol–water partition coefficient (Wildman–Crippen LogP) is 8.64. The summed E-state index contributed by atoms with van der Waals surface area (Å²) < 4.78 is 8.03. The van der Waals surface area contributed by atoms with Gasteiger partial charge in [0.1, 0.15) is 0 Å². The SMILES string of the molecule is c1ccc(-n2c3ccccc3c3c4ccc5c(c6ccccc6n5-c5ccc6cnccc6c5)c4[te]c32)cc1. The van der Waals surface area contributed by atoms with Crippen molar-refractivity contribution in [1.82, 2.24) is 14.1 Å². The summed E-state index contributed by atoms with van der Waals surface area (Å²) >= 11 is -0.654. The molecule has 0 aliphatic rings. The molecule has 0 fully saturated rings. The van der Waals surface area contributed by atoms with Crippen molar-refractivity contribution in [2.45, 2.75) is 0 Å². The molecule has 9 aromatic rings. The molecule has 9 rings (SSSR count). The van der Waals surface area contributed by atoms with E-state index >= 15 is 0 Å². The first kappa shape index (κ1) is 21.6. The monoisotopic (exact) mass is 613 g/mol. The molecule has 39 heavy (non-hydrogen) atoms. The van der Waals surface area contributed by atoms with E-state index in [1.54, 1.807) is 3.40 Å². The molecule has 182 valence electrons. The molecular weight excluding hydrogens is 590 g/mol. The van der Waals surface area contributed by atoms with Gasteiger partial charge in [0.25, 0.3) is 0 Å². The van der Waals surface area contributed by atoms with Gasteiger partial charge in [-0.2, -0.15) is 0 Å². The van der Waals surface area contributed by atoms with Gasteiger partial charge in [0, 0.05) is 0 Å². The molecule has 4 heterocycles. The van der Waals surface area contributed by atoms with Crippen LogP contribution < -0.4 is 0 Å². The number of hydrogen-bond donors (Lipinski definition) is 0. The normalized spacial score (nSPS) is 12.1. The van der Waals surface area contributed by atoms with Crippen LogP contribution in [0.1, 0.15) is 0 Å². The van der Waals surface area contributed by atoms with Crippen molar-refractivity contribution in [3.05, 3.63) is 128 Å². The van der Waals surface area contributed by atoms with Crippen LogP contribution in [0.15, 0.2) is 128 Å². The van der Waals surface area contributed by atoms with E-state index in [1.807, 2.05) is 12.4 Å². The van der Waals surface area contributed by atoms with E-state index in [0.717, 1.165) is 5.39 Å². The summed E-state index contributed by atoms with van der Waals surface area (Å²) in [6, 6.07) is 42.2. The fourth-order valence-corrected chi connectivity index (χ4v) is 10.3. The minimum absolute atomic E-state index is 0.654. The van der Waals surface area contributed by atoms with Gasteiger partial charge in [0.05, 0.1) is 0 Å². The molecule has 0 aliphatic carbocycles. The molecule has 3 nitrogen and oxygen atoms in total. The van der Waals surface area contributed by atoms with Gasteiger partial charge in [-0.05, 0) is 0 Å². The van der Waals surface area contributed by atoms with E-state index in [9.17, 15) is 0 Å². The van der Waals surface area contributed by atoms with Gasteiger partial charge in [-0.1, -0.05) is 0 Å². The van der Waals surface area contributed by atoms with Crippen LogP contribution in [-0.2, 0) is 0 Å². The van der Waals surface area contributed by atoms with Crippen molar-refractivity contribution < 1.29 is 0 Å². The molecule has 0 atom stereocenters. The summed E-state index contributed by atoms with van der Waals surface area (Å²) in [7, 11) is 0. The van der Waals surface area contributed by atoms with Gasteiger partial charge >= 0.3 is 235 Å². The zero-order valence-electron chi connectivity index (χ0n) is 20.9. The molecule has 0 spiro atoms. The number of rotatable bonds is 2. The van der Waals surface area contributed by atoms with Crippen molar-refractivity contribution in [3.63, 3.8) is 0 Å². The number of para-hydroxylation sites is 3. The number of hydrogen-bond acceptors (Lipinski definition) is 1. The zero-order valence-corrected chi connectivity index (χ0v) is 23.2. The van der Waals surface area contributed by atoms with Crippen LogP contribution >= 0.6 is 0 Å². The predicted molar refractivity (Wildman–Crippen MR) is 165 cm³/mol. The van der Waals surface area contributed by atoms with Gasteiger partial charge in [-0.3, -0.25) is 0 Å². The van der Waals surface area contributed by atoms with Crippen LogP contribution in [0, 0.1) is 0 Å². The average Bonchev–Trinajstić information content (AvgIpc) is 3.64. The molecule has 4 aromatic heterocycles. The quantitative estimate of drug-likeness (QED) is 0.180. The molecular formula is C35H21N3Te. The Labute approximate surface area is 233 Å². The third-order valence-electron chi connectivity index (χ3n) is 7.99. The third-order valence-corrected chi connectivity index (χ3v) is 11.4.